The molecule has 0 saturated heterocycles. The van der Waals surface area contributed by atoms with E-state index in [9.17, 15) is 5.11 Å². The number of unbranched alkanes of at least 4 members (excludes halogenated alkanes) is 2. The highest BCUT2D eigenvalue weighted by Crippen LogP contribution is 2.53. The molecule has 3 rings (SSSR count). The molecule has 1 N–H and O–H groups in total. The van der Waals surface area contributed by atoms with Crippen LogP contribution in [0.4, 0.5) is 0 Å². The van der Waals surface area contributed by atoms with E-state index in [-0.39, 0.29) is 17.6 Å². The second-order valence-electron chi connectivity index (χ2n) is 7.38. The van der Waals surface area contributed by atoms with Gasteiger partial charge in [0.15, 0.2) is 0 Å². The fraction of sp³-hybridized carbons (Fsp3) is 0.619. The third kappa shape index (κ3) is 3.13. The number of fused-ring (bicyclic) bond motifs is 3. The van der Waals surface area contributed by atoms with Crippen LogP contribution in [0.5, 0.6) is 11.5 Å². The van der Waals surface area contributed by atoms with Gasteiger partial charge in [-0.3, -0.25) is 0 Å². The van der Waals surface area contributed by atoms with Crippen LogP contribution >= 0.6 is 0 Å². The number of benzene rings is 1. The van der Waals surface area contributed by atoms with Crippen LogP contribution in [0.15, 0.2) is 23.8 Å². The lowest BCUT2D eigenvalue weighted by Gasteiger charge is -2.46. The Morgan fingerprint density at radius 2 is 2.22 bits per heavy atom. The van der Waals surface area contributed by atoms with E-state index in [4.69, 9.17) is 8.85 Å². The van der Waals surface area contributed by atoms with Gasteiger partial charge in [-0.05, 0) is 64.1 Å². The number of phenols is 1. The molecule has 0 spiro atoms. The van der Waals surface area contributed by atoms with Gasteiger partial charge < -0.3 is 9.84 Å². The predicted molar refractivity (Wildman–Crippen MR) is 95.3 cm³/mol. The molecule has 2 aliphatic rings. The van der Waals surface area contributed by atoms with Crippen LogP contribution in [0.2, 0.25) is 0 Å². The van der Waals surface area contributed by atoms with Crippen LogP contribution < -0.4 is 4.74 Å². The number of hydrogen-bond acceptors (Lipinski definition) is 2. The van der Waals surface area contributed by atoms with Crippen molar-refractivity contribution in [3.05, 3.63) is 34.9 Å². The molecule has 0 saturated carbocycles. The van der Waals surface area contributed by atoms with E-state index in [1.165, 1.54) is 5.57 Å². The van der Waals surface area contributed by atoms with Crippen LogP contribution in [0.25, 0.3) is 0 Å². The van der Waals surface area contributed by atoms with E-state index in [2.05, 4.69) is 19.9 Å². The Balaban J connectivity index is 2.07. The fourth-order valence-electron chi connectivity index (χ4n) is 4.09. The molecule has 2 heteroatoms. The van der Waals surface area contributed by atoms with E-state index in [0.29, 0.717) is 5.75 Å². The molecule has 0 fully saturated rings. The molecule has 3 atom stereocenters. The zero-order valence-corrected chi connectivity index (χ0v) is 14.5. The Labute approximate surface area is 144 Å². The summed E-state index contributed by atoms with van der Waals surface area (Å²) < 4.78 is 30.5. The lowest BCUT2D eigenvalue weighted by Crippen LogP contribution is -2.45. The SMILES string of the molecule is [2H]C([2H])([2H])C1(C)Oc2cc(CCCCC)cc(O)c2[C@@H]2C=C([13CH3])CC[C@H]21. The number of aryl methyl sites for hydroxylation is 1. The molecule has 0 amide bonds. The van der Waals surface area contributed by atoms with Crippen molar-refractivity contribution in [3.8, 4) is 11.5 Å². The normalized spacial score (nSPS) is 31.8. The summed E-state index contributed by atoms with van der Waals surface area (Å²) in [5.41, 5.74) is 1.78. The Hall–Kier alpha value is -1.44. The van der Waals surface area contributed by atoms with Gasteiger partial charge in [0, 0.05) is 21.5 Å². The van der Waals surface area contributed by atoms with Gasteiger partial charge in [0.25, 0.3) is 0 Å². The highest BCUT2D eigenvalue weighted by molar-refractivity contribution is 5.53. The van der Waals surface area contributed by atoms with Crippen molar-refractivity contribution >= 4 is 0 Å². The minimum Gasteiger partial charge on any atom is -0.507 e. The number of hydrogen-bond donors (Lipinski definition) is 1. The number of phenolic OH excluding ortho intramolecular Hbond substituents is 1. The first-order valence-corrected chi connectivity index (χ1v) is 8.89. The number of allylic oxidation sites excluding steroid dienone is 2. The van der Waals surface area contributed by atoms with E-state index in [0.717, 1.165) is 49.7 Å². The first kappa shape index (κ1) is 12.9. The summed E-state index contributed by atoms with van der Waals surface area (Å²) >= 11 is 0. The summed E-state index contributed by atoms with van der Waals surface area (Å²) in [4.78, 5) is 0. The van der Waals surface area contributed by atoms with Gasteiger partial charge in [-0.25, -0.2) is 0 Å². The van der Waals surface area contributed by atoms with E-state index in [1.807, 2.05) is 12.1 Å². The molecule has 1 aromatic carbocycles. The van der Waals surface area contributed by atoms with Crippen LogP contribution in [0, 0.1) is 5.92 Å². The van der Waals surface area contributed by atoms with Crippen LogP contribution in [0.1, 0.15) is 80.9 Å². The van der Waals surface area contributed by atoms with Crippen molar-refractivity contribution in [2.75, 3.05) is 0 Å². The predicted octanol–water partition coefficient (Wildman–Crippen LogP) is 5.74. The van der Waals surface area contributed by atoms with Crippen LogP contribution in [-0.4, -0.2) is 10.7 Å². The maximum absolute atomic E-state index is 10.7. The number of rotatable bonds is 4. The minimum atomic E-state index is -2.22. The van der Waals surface area contributed by atoms with E-state index >= 15 is 0 Å². The molecule has 0 radical (unpaired) electrons. The van der Waals surface area contributed by atoms with Gasteiger partial charge in [0.1, 0.15) is 17.1 Å². The first-order valence-electron chi connectivity index (χ1n) is 10.4. The van der Waals surface area contributed by atoms with Crippen LogP contribution in [0.3, 0.4) is 0 Å². The zero-order chi connectivity index (χ0) is 19.1. The molecule has 0 bridgehead atoms. The third-order valence-corrected chi connectivity index (χ3v) is 5.36. The van der Waals surface area contributed by atoms with Gasteiger partial charge in [-0.2, -0.15) is 0 Å². The molecule has 1 heterocycles. The van der Waals surface area contributed by atoms with Gasteiger partial charge in [-0.15, -0.1) is 0 Å². The van der Waals surface area contributed by atoms with Crippen molar-refractivity contribution in [3.63, 3.8) is 0 Å². The summed E-state index contributed by atoms with van der Waals surface area (Å²) in [6.45, 7) is 3.73. The summed E-state index contributed by atoms with van der Waals surface area (Å²) in [6, 6.07) is 3.79. The third-order valence-electron chi connectivity index (χ3n) is 5.36. The Morgan fingerprint density at radius 1 is 1.39 bits per heavy atom. The van der Waals surface area contributed by atoms with Gasteiger partial charge in [0.05, 0.1) is 0 Å². The fourth-order valence-corrected chi connectivity index (χ4v) is 4.09. The highest BCUT2D eigenvalue weighted by Gasteiger charge is 2.45. The van der Waals surface area contributed by atoms with E-state index in [1.54, 1.807) is 6.92 Å². The molecule has 2 nitrogen and oxygen atoms in total. The maximum Gasteiger partial charge on any atom is 0.127 e. The molecule has 0 aromatic heterocycles. The quantitative estimate of drug-likeness (QED) is 0.436. The van der Waals surface area contributed by atoms with Crippen molar-refractivity contribution in [2.24, 2.45) is 5.92 Å². The molecule has 23 heavy (non-hydrogen) atoms. The van der Waals surface area contributed by atoms with Crippen LogP contribution in [-0.2, 0) is 6.42 Å². The Morgan fingerprint density at radius 3 is 2.96 bits per heavy atom. The molecule has 1 aliphatic heterocycles. The zero-order valence-electron chi connectivity index (χ0n) is 17.5. The van der Waals surface area contributed by atoms with Crippen molar-refractivity contribution < 1.29 is 14.0 Å². The molecule has 1 aromatic rings. The largest absolute Gasteiger partial charge is 0.507 e. The monoisotopic (exact) mass is 318 g/mol. The van der Waals surface area contributed by atoms with Crippen molar-refractivity contribution in [1.29, 1.82) is 0 Å². The van der Waals surface area contributed by atoms with Crippen molar-refractivity contribution in [2.45, 2.75) is 77.7 Å². The first-order chi connectivity index (χ1) is 12.2. The molecule has 1 unspecified atom stereocenters. The highest BCUT2D eigenvalue weighted by atomic mass is 16.5. The van der Waals surface area contributed by atoms with Gasteiger partial charge in [0.2, 0.25) is 0 Å². The summed E-state index contributed by atoms with van der Waals surface area (Å²) in [6.07, 6.45) is 7.97. The maximum atomic E-state index is 10.7. The minimum absolute atomic E-state index is 0.109. The molecule has 1 aliphatic carbocycles. The lowest BCUT2D eigenvalue weighted by atomic mass is 9.68. The topological polar surface area (TPSA) is 29.5 Å². The van der Waals surface area contributed by atoms with Crippen molar-refractivity contribution in [1.82, 2.24) is 0 Å². The number of ether oxygens (including phenoxy) is 1. The average Bonchev–Trinajstić information content (AvgIpc) is 2.53. The second kappa shape index (κ2) is 6.22. The Kier molecular flexibility index (Phi) is 3.49. The van der Waals surface area contributed by atoms with E-state index < -0.39 is 12.5 Å². The lowest BCUT2D eigenvalue weighted by molar-refractivity contribution is 0.0107. The summed E-state index contributed by atoms with van der Waals surface area (Å²) in [5, 5.41) is 10.7. The van der Waals surface area contributed by atoms with Gasteiger partial charge in [-0.1, -0.05) is 31.4 Å². The molecular weight excluding hydrogens is 285 g/mol. The molecular formula is C21H30O2. The smallest absolute Gasteiger partial charge is 0.127 e. The second-order valence-corrected chi connectivity index (χ2v) is 7.38. The number of aromatic hydroxyl groups is 1. The summed E-state index contributed by atoms with van der Waals surface area (Å²) in [7, 11) is 0. The molecule has 126 valence electrons. The van der Waals surface area contributed by atoms with Gasteiger partial charge >= 0.3 is 0 Å². The Bertz CT molecular complexity index is 708. The average molecular weight is 318 g/mol. The standard InChI is InChI=1S/C21H30O2/c1-5-6-7-8-15-12-18(22)20-16-11-14(2)9-10-17(16)21(3,4)23-19(20)13-15/h11-13,16-17,22H,5-10H2,1-4H3/t16-,17-/m1/s1/i2+1,3D3/t16-,17-,21?. The summed E-state index contributed by atoms with van der Waals surface area (Å²) in [5.74, 6) is 0.510.